The summed E-state index contributed by atoms with van der Waals surface area (Å²) in [6.07, 6.45) is 0.652. The highest BCUT2D eigenvalue weighted by molar-refractivity contribution is 6.07. The molecule has 0 N–H and O–H groups in total. The Balaban J connectivity index is 1.53. The van der Waals surface area contributed by atoms with Crippen LogP contribution in [-0.2, 0) is 9.53 Å². The molecule has 0 bridgehead atoms. The van der Waals surface area contributed by atoms with E-state index in [1.54, 1.807) is 18.2 Å². The van der Waals surface area contributed by atoms with Crippen molar-refractivity contribution in [3.05, 3.63) is 83.9 Å². The summed E-state index contributed by atoms with van der Waals surface area (Å²) >= 11 is 0. The van der Waals surface area contributed by atoms with E-state index in [2.05, 4.69) is 4.90 Å². The van der Waals surface area contributed by atoms with E-state index in [-0.39, 0.29) is 37.3 Å². The van der Waals surface area contributed by atoms with E-state index in [1.807, 2.05) is 66.4 Å². The van der Waals surface area contributed by atoms with Gasteiger partial charge < -0.3 is 24.0 Å². The lowest BCUT2D eigenvalue weighted by Gasteiger charge is -2.44. The summed E-state index contributed by atoms with van der Waals surface area (Å²) in [6.45, 7) is 2.31. The third-order valence-electron chi connectivity index (χ3n) is 6.39. The molecule has 2 aliphatic rings. The minimum Gasteiger partial charge on any atom is -0.468 e. The van der Waals surface area contributed by atoms with Gasteiger partial charge in [-0.25, -0.2) is 0 Å². The van der Waals surface area contributed by atoms with E-state index < -0.39 is 0 Å². The van der Waals surface area contributed by atoms with Gasteiger partial charge in [0.25, 0.3) is 5.91 Å². The van der Waals surface area contributed by atoms with Crippen LogP contribution >= 0.6 is 0 Å². The fourth-order valence-corrected chi connectivity index (χ4v) is 4.76. The van der Waals surface area contributed by atoms with Crippen LogP contribution in [0.5, 0.6) is 11.5 Å². The van der Waals surface area contributed by atoms with Crippen molar-refractivity contribution in [1.29, 1.82) is 0 Å². The van der Waals surface area contributed by atoms with E-state index in [4.69, 9.17) is 14.2 Å². The van der Waals surface area contributed by atoms with Crippen LogP contribution in [0.25, 0.3) is 0 Å². The Morgan fingerprint density at radius 2 is 1.74 bits per heavy atom. The average molecular weight is 459 g/mol. The minimum atomic E-state index is -0.312. The summed E-state index contributed by atoms with van der Waals surface area (Å²) in [4.78, 5) is 29.9. The molecule has 7 heteroatoms. The number of rotatable bonds is 5. The fraction of sp³-hybridized carbons (Fsp3) is 0.259. The zero-order chi connectivity index (χ0) is 23.7. The zero-order valence-electron chi connectivity index (χ0n) is 19.1. The molecule has 5 rings (SSSR count). The number of carbonyl (C=O) groups excluding carboxylic acids is 2. The van der Waals surface area contributed by atoms with E-state index in [9.17, 15) is 9.59 Å². The number of anilines is 2. The summed E-state index contributed by atoms with van der Waals surface area (Å²) in [5.41, 5.74) is 3.29. The van der Waals surface area contributed by atoms with Gasteiger partial charge in [-0.05, 0) is 55.3 Å². The molecule has 2 aliphatic heterocycles. The maximum absolute atomic E-state index is 13.7. The molecule has 7 nitrogen and oxygen atoms in total. The molecular weight excluding hydrogens is 432 g/mol. The maximum Gasteiger partial charge on any atom is 0.325 e. The Labute approximate surface area is 198 Å². The van der Waals surface area contributed by atoms with Crippen molar-refractivity contribution >= 4 is 23.3 Å². The number of nitrogens with zero attached hydrogens (tertiary/aromatic N) is 2. The van der Waals surface area contributed by atoms with E-state index in [0.29, 0.717) is 23.5 Å². The van der Waals surface area contributed by atoms with Crippen LogP contribution in [0.3, 0.4) is 0 Å². The van der Waals surface area contributed by atoms with Gasteiger partial charge >= 0.3 is 5.97 Å². The van der Waals surface area contributed by atoms with E-state index in [0.717, 1.165) is 16.9 Å². The number of hydrogen-bond acceptors (Lipinski definition) is 6. The summed E-state index contributed by atoms with van der Waals surface area (Å²) in [5, 5.41) is 0. The van der Waals surface area contributed by atoms with Crippen LogP contribution < -0.4 is 19.3 Å². The van der Waals surface area contributed by atoms with Crippen molar-refractivity contribution in [2.45, 2.75) is 25.4 Å². The Morgan fingerprint density at radius 1 is 1.00 bits per heavy atom. The molecule has 2 unspecified atom stereocenters. The lowest BCUT2D eigenvalue weighted by atomic mass is 9.89. The SMILES string of the molecule is COC(=O)CN(c1ccccc1)C1CC(C)N(C(=O)c2ccc3c(c2)OCO3)c2ccccc21. The van der Waals surface area contributed by atoms with Crippen LogP contribution in [0, 0.1) is 0 Å². The summed E-state index contributed by atoms with van der Waals surface area (Å²) < 4.78 is 15.9. The Hall–Kier alpha value is -4.00. The summed E-state index contributed by atoms with van der Waals surface area (Å²) in [6, 6.07) is 22.8. The molecule has 0 saturated carbocycles. The lowest BCUT2D eigenvalue weighted by Crippen LogP contribution is -2.47. The first-order valence-corrected chi connectivity index (χ1v) is 11.3. The number of methoxy groups -OCH3 is 1. The molecule has 1 amide bonds. The van der Waals surface area contributed by atoms with Gasteiger partial charge in [0, 0.05) is 23.0 Å². The molecule has 34 heavy (non-hydrogen) atoms. The standard InChI is InChI=1S/C27H26N2O5/c1-18-14-23(28(16-26(30)32-2)20-8-4-3-5-9-20)21-10-6-7-11-22(21)29(18)27(31)19-12-13-24-25(15-19)34-17-33-24/h3-13,15,18,23H,14,16-17H2,1-2H3. The number of hydrogen-bond donors (Lipinski definition) is 0. The number of ether oxygens (including phenoxy) is 3. The van der Waals surface area contributed by atoms with Gasteiger partial charge in [0.15, 0.2) is 11.5 Å². The number of amides is 1. The molecule has 174 valence electrons. The predicted molar refractivity (Wildman–Crippen MR) is 128 cm³/mol. The van der Waals surface area contributed by atoms with E-state index >= 15 is 0 Å². The van der Waals surface area contributed by atoms with Crippen molar-refractivity contribution in [3.8, 4) is 11.5 Å². The molecule has 0 aromatic heterocycles. The topological polar surface area (TPSA) is 68.3 Å². The van der Waals surface area contributed by atoms with Gasteiger partial charge in [-0.2, -0.15) is 0 Å². The Morgan fingerprint density at radius 3 is 2.53 bits per heavy atom. The highest BCUT2D eigenvalue weighted by Gasteiger charge is 2.37. The average Bonchev–Trinajstić information content (AvgIpc) is 3.35. The fourth-order valence-electron chi connectivity index (χ4n) is 4.76. The molecule has 0 saturated heterocycles. The van der Waals surface area contributed by atoms with Crippen molar-refractivity contribution in [3.63, 3.8) is 0 Å². The predicted octanol–water partition coefficient (Wildman–Crippen LogP) is 4.58. The minimum absolute atomic E-state index is 0.101. The molecule has 2 atom stereocenters. The first-order valence-electron chi connectivity index (χ1n) is 11.3. The van der Waals surface area contributed by atoms with Gasteiger partial charge in [-0.1, -0.05) is 36.4 Å². The monoisotopic (exact) mass is 458 g/mol. The van der Waals surface area contributed by atoms with Crippen molar-refractivity contribution < 1.29 is 23.8 Å². The number of benzene rings is 3. The van der Waals surface area contributed by atoms with Gasteiger partial charge in [-0.15, -0.1) is 0 Å². The molecule has 0 radical (unpaired) electrons. The van der Waals surface area contributed by atoms with Gasteiger partial charge in [-0.3, -0.25) is 9.59 Å². The number of esters is 1. The highest BCUT2D eigenvalue weighted by Crippen LogP contribution is 2.43. The Bertz CT molecular complexity index is 1210. The first kappa shape index (κ1) is 21.8. The van der Waals surface area contributed by atoms with Crippen molar-refractivity contribution in [2.24, 2.45) is 0 Å². The molecule has 3 aromatic rings. The zero-order valence-corrected chi connectivity index (χ0v) is 19.1. The van der Waals surface area contributed by atoms with Gasteiger partial charge in [0.1, 0.15) is 6.54 Å². The van der Waals surface area contributed by atoms with E-state index in [1.165, 1.54) is 7.11 Å². The summed E-state index contributed by atoms with van der Waals surface area (Å²) in [5.74, 6) is 0.809. The normalized spacial score (nSPS) is 18.2. The summed E-state index contributed by atoms with van der Waals surface area (Å²) in [7, 11) is 1.40. The second-order valence-electron chi connectivity index (χ2n) is 8.44. The second kappa shape index (κ2) is 9.09. The van der Waals surface area contributed by atoms with Crippen molar-refractivity contribution in [1.82, 2.24) is 0 Å². The highest BCUT2D eigenvalue weighted by atomic mass is 16.7. The lowest BCUT2D eigenvalue weighted by molar-refractivity contribution is -0.139. The molecular formula is C27H26N2O5. The number of para-hydroxylation sites is 2. The quantitative estimate of drug-likeness (QED) is 0.522. The molecule has 2 heterocycles. The van der Waals surface area contributed by atoms with Crippen LogP contribution in [-0.4, -0.2) is 38.4 Å². The number of carbonyl (C=O) groups is 2. The third kappa shape index (κ3) is 3.94. The molecule has 0 aliphatic carbocycles. The molecule has 0 fully saturated rings. The third-order valence-corrected chi connectivity index (χ3v) is 6.39. The molecule has 3 aromatic carbocycles. The van der Waals surface area contributed by atoms with Crippen LogP contribution in [0.4, 0.5) is 11.4 Å². The van der Waals surface area contributed by atoms with Gasteiger partial charge in [0.2, 0.25) is 6.79 Å². The smallest absolute Gasteiger partial charge is 0.325 e. The van der Waals surface area contributed by atoms with Gasteiger partial charge in [0.05, 0.1) is 13.2 Å². The van der Waals surface area contributed by atoms with Crippen LogP contribution in [0.1, 0.15) is 35.3 Å². The van der Waals surface area contributed by atoms with Crippen LogP contribution in [0.15, 0.2) is 72.8 Å². The Kier molecular flexibility index (Phi) is 5.84. The first-order chi connectivity index (χ1) is 16.6. The molecule has 0 spiro atoms. The number of fused-ring (bicyclic) bond motifs is 2. The maximum atomic E-state index is 13.7. The second-order valence-corrected chi connectivity index (χ2v) is 8.44. The van der Waals surface area contributed by atoms with Crippen molar-refractivity contribution in [2.75, 3.05) is 30.2 Å². The van der Waals surface area contributed by atoms with Crippen LogP contribution in [0.2, 0.25) is 0 Å². The largest absolute Gasteiger partial charge is 0.468 e.